The fourth-order valence-electron chi connectivity index (χ4n) is 2.52. The topological polar surface area (TPSA) is 46.2 Å². The second kappa shape index (κ2) is 5.07. The third-order valence-corrected chi connectivity index (χ3v) is 3.83. The Morgan fingerprint density at radius 3 is 2.62 bits per heavy atom. The van der Waals surface area contributed by atoms with Gasteiger partial charge in [-0.05, 0) is 24.8 Å². The summed E-state index contributed by atoms with van der Waals surface area (Å²) < 4.78 is 0. The van der Waals surface area contributed by atoms with E-state index in [2.05, 4.69) is 0 Å². The number of rotatable bonds is 2. The van der Waals surface area contributed by atoms with E-state index >= 15 is 0 Å². The van der Waals surface area contributed by atoms with Crippen LogP contribution in [0.3, 0.4) is 0 Å². The Morgan fingerprint density at radius 2 is 1.94 bits per heavy atom. The Hall–Kier alpha value is -0.730. The Bertz CT molecular complexity index is 361. The summed E-state index contributed by atoms with van der Waals surface area (Å²) in [6.45, 7) is 0. The molecule has 0 radical (unpaired) electrons. The molecular weight excluding hydrogens is 222 g/mol. The first-order valence-corrected chi connectivity index (χ1v) is 6.30. The lowest BCUT2D eigenvalue weighted by Crippen LogP contribution is -2.17. The third-order valence-electron chi connectivity index (χ3n) is 3.50. The van der Waals surface area contributed by atoms with Crippen LogP contribution in [0.1, 0.15) is 43.8 Å². The van der Waals surface area contributed by atoms with Crippen molar-refractivity contribution in [2.45, 2.75) is 38.2 Å². The zero-order valence-electron chi connectivity index (χ0n) is 9.32. The monoisotopic (exact) mass is 239 g/mol. The van der Waals surface area contributed by atoms with Crippen LogP contribution in [0.2, 0.25) is 5.02 Å². The molecule has 0 bridgehead atoms. The summed E-state index contributed by atoms with van der Waals surface area (Å²) in [5.74, 6) is 0.342. The van der Waals surface area contributed by atoms with Crippen molar-refractivity contribution in [1.29, 1.82) is 0 Å². The first kappa shape index (κ1) is 11.7. The van der Waals surface area contributed by atoms with Gasteiger partial charge in [0, 0.05) is 5.56 Å². The van der Waals surface area contributed by atoms with Gasteiger partial charge in [-0.3, -0.25) is 0 Å². The molecule has 0 saturated heterocycles. The average Bonchev–Trinajstić information content (AvgIpc) is 2.33. The number of nitrogens with two attached hydrogens (primary N) is 1. The fraction of sp³-hybridized carbons (Fsp3) is 0.538. The maximum Gasteiger partial charge on any atom is 0.0838 e. The third kappa shape index (κ3) is 2.33. The van der Waals surface area contributed by atoms with Gasteiger partial charge in [-0.15, -0.1) is 0 Å². The molecule has 1 aliphatic carbocycles. The molecule has 3 N–H and O–H groups in total. The molecular formula is C13H18ClNO. The number of halogens is 1. The zero-order chi connectivity index (χ0) is 11.5. The molecule has 0 spiro atoms. The smallest absolute Gasteiger partial charge is 0.0838 e. The molecule has 1 unspecified atom stereocenters. The molecule has 88 valence electrons. The molecule has 1 fully saturated rings. The molecule has 3 heteroatoms. The van der Waals surface area contributed by atoms with Crippen molar-refractivity contribution >= 4 is 17.3 Å². The van der Waals surface area contributed by atoms with Crippen molar-refractivity contribution in [3.05, 3.63) is 28.8 Å². The van der Waals surface area contributed by atoms with Crippen molar-refractivity contribution < 1.29 is 5.11 Å². The van der Waals surface area contributed by atoms with Crippen molar-refractivity contribution in [3.8, 4) is 0 Å². The van der Waals surface area contributed by atoms with E-state index in [4.69, 9.17) is 17.3 Å². The molecule has 1 aromatic rings. The standard InChI is InChI=1S/C13H18ClNO/c14-11-8-4-7-10(12(11)15)13(16)9-5-2-1-3-6-9/h4,7-9,13,16H,1-3,5-6,15H2. The molecule has 1 aliphatic rings. The minimum Gasteiger partial charge on any atom is -0.397 e. The normalized spacial score (nSPS) is 19.6. The van der Waals surface area contributed by atoms with Crippen LogP contribution in [0.4, 0.5) is 5.69 Å². The predicted octanol–water partition coefficient (Wildman–Crippen LogP) is 3.54. The minimum absolute atomic E-state index is 0.342. The summed E-state index contributed by atoms with van der Waals surface area (Å²) in [5.41, 5.74) is 7.22. The van der Waals surface area contributed by atoms with Crippen molar-refractivity contribution in [1.82, 2.24) is 0 Å². The van der Waals surface area contributed by atoms with Gasteiger partial charge in [-0.2, -0.15) is 0 Å². The van der Waals surface area contributed by atoms with E-state index in [0.717, 1.165) is 18.4 Å². The summed E-state index contributed by atoms with van der Waals surface area (Å²) in [4.78, 5) is 0. The van der Waals surface area contributed by atoms with Crippen LogP contribution >= 0.6 is 11.6 Å². The van der Waals surface area contributed by atoms with Crippen LogP contribution in [-0.2, 0) is 0 Å². The summed E-state index contributed by atoms with van der Waals surface area (Å²) >= 11 is 5.96. The highest BCUT2D eigenvalue weighted by molar-refractivity contribution is 6.33. The Kier molecular flexibility index (Phi) is 3.72. The lowest BCUT2D eigenvalue weighted by molar-refractivity contribution is 0.0855. The molecule has 1 aromatic carbocycles. The highest BCUT2D eigenvalue weighted by Crippen LogP contribution is 2.37. The molecule has 0 amide bonds. The first-order valence-electron chi connectivity index (χ1n) is 5.92. The predicted molar refractivity (Wildman–Crippen MR) is 67.4 cm³/mol. The van der Waals surface area contributed by atoms with Gasteiger partial charge in [0.05, 0.1) is 16.8 Å². The molecule has 2 rings (SSSR count). The number of anilines is 1. The van der Waals surface area contributed by atoms with E-state index in [0.29, 0.717) is 16.6 Å². The molecule has 2 nitrogen and oxygen atoms in total. The summed E-state index contributed by atoms with van der Waals surface area (Å²) in [5, 5.41) is 10.8. The molecule has 1 atom stereocenters. The van der Waals surface area contributed by atoms with Gasteiger partial charge in [0.25, 0.3) is 0 Å². The van der Waals surface area contributed by atoms with Gasteiger partial charge in [0.15, 0.2) is 0 Å². The van der Waals surface area contributed by atoms with E-state index in [1.165, 1.54) is 19.3 Å². The van der Waals surface area contributed by atoms with E-state index in [-0.39, 0.29) is 0 Å². The molecule has 0 heterocycles. The number of benzene rings is 1. The Morgan fingerprint density at radius 1 is 1.25 bits per heavy atom. The number of hydrogen-bond acceptors (Lipinski definition) is 2. The number of hydrogen-bond donors (Lipinski definition) is 2. The lowest BCUT2D eigenvalue weighted by atomic mass is 9.82. The van der Waals surface area contributed by atoms with Crippen molar-refractivity contribution in [2.75, 3.05) is 5.73 Å². The average molecular weight is 240 g/mol. The van der Waals surface area contributed by atoms with Gasteiger partial charge in [0.1, 0.15) is 0 Å². The van der Waals surface area contributed by atoms with Crippen molar-refractivity contribution in [2.24, 2.45) is 5.92 Å². The maximum absolute atomic E-state index is 10.3. The minimum atomic E-state index is -0.459. The van der Waals surface area contributed by atoms with Crippen LogP contribution in [0, 0.1) is 5.92 Å². The second-order valence-electron chi connectivity index (χ2n) is 4.59. The summed E-state index contributed by atoms with van der Waals surface area (Å²) in [7, 11) is 0. The van der Waals surface area contributed by atoms with E-state index < -0.39 is 6.10 Å². The quantitative estimate of drug-likeness (QED) is 0.776. The number of aliphatic hydroxyl groups excluding tert-OH is 1. The van der Waals surface area contributed by atoms with E-state index in [9.17, 15) is 5.11 Å². The van der Waals surface area contributed by atoms with Gasteiger partial charge < -0.3 is 10.8 Å². The highest BCUT2D eigenvalue weighted by Gasteiger charge is 2.24. The van der Waals surface area contributed by atoms with Gasteiger partial charge in [-0.1, -0.05) is 43.0 Å². The number of nitrogen functional groups attached to an aromatic ring is 1. The first-order chi connectivity index (χ1) is 7.70. The van der Waals surface area contributed by atoms with Crippen LogP contribution in [0.5, 0.6) is 0 Å². The highest BCUT2D eigenvalue weighted by atomic mass is 35.5. The van der Waals surface area contributed by atoms with Gasteiger partial charge in [-0.25, -0.2) is 0 Å². The summed E-state index contributed by atoms with van der Waals surface area (Å²) in [6, 6.07) is 5.48. The molecule has 16 heavy (non-hydrogen) atoms. The van der Waals surface area contributed by atoms with Gasteiger partial charge in [0.2, 0.25) is 0 Å². The SMILES string of the molecule is Nc1c(Cl)cccc1C(O)C1CCCCC1. The van der Waals surface area contributed by atoms with Crippen molar-refractivity contribution in [3.63, 3.8) is 0 Å². The van der Waals surface area contributed by atoms with Crippen LogP contribution < -0.4 is 5.73 Å². The van der Waals surface area contributed by atoms with Crippen LogP contribution in [-0.4, -0.2) is 5.11 Å². The molecule has 0 aromatic heterocycles. The Labute approximate surface area is 101 Å². The number of para-hydroxylation sites is 1. The van der Waals surface area contributed by atoms with E-state index in [1.807, 2.05) is 12.1 Å². The number of aliphatic hydroxyl groups is 1. The molecule has 1 saturated carbocycles. The zero-order valence-corrected chi connectivity index (χ0v) is 10.1. The summed E-state index contributed by atoms with van der Waals surface area (Å²) in [6.07, 6.45) is 5.43. The van der Waals surface area contributed by atoms with Crippen LogP contribution in [0.15, 0.2) is 18.2 Å². The second-order valence-corrected chi connectivity index (χ2v) is 4.99. The lowest BCUT2D eigenvalue weighted by Gasteiger charge is -2.27. The Balaban J connectivity index is 2.19. The molecule has 0 aliphatic heterocycles. The van der Waals surface area contributed by atoms with Crippen LogP contribution in [0.25, 0.3) is 0 Å². The maximum atomic E-state index is 10.3. The van der Waals surface area contributed by atoms with Gasteiger partial charge >= 0.3 is 0 Å². The largest absolute Gasteiger partial charge is 0.397 e. The van der Waals surface area contributed by atoms with E-state index in [1.54, 1.807) is 6.07 Å². The fourth-order valence-corrected chi connectivity index (χ4v) is 2.70.